The van der Waals surface area contributed by atoms with Gasteiger partial charge in [-0.25, -0.2) is 18.2 Å². The second-order valence-electron chi connectivity index (χ2n) is 6.05. The SMILES string of the molecule is CC(C)(C)OC(=O)N1CC[C@H](S(=O)(=O)c2ccccn2)C1. The number of carbonyl (C=O) groups excluding carboxylic acids is 1. The van der Waals surface area contributed by atoms with Crippen molar-refractivity contribution < 1.29 is 17.9 Å². The average Bonchev–Trinajstić information content (AvgIpc) is 2.88. The van der Waals surface area contributed by atoms with Crippen LogP contribution in [-0.4, -0.2) is 48.3 Å². The lowest BCUT2D eigenvalue weighted by atomic mass is 10.2. The molecule has 0 radical (unpaired) electrons. The standard InChI is InChI=1S/C14H20N2O4S/c1-14(2,3)20-13(17)16-9-7-11(10-16)21(18,19)12-6-4-5-8-15-12/h4-6,8,11H,7,9-10H2,1-3H3/t11-/m0/s1. The van der Waals surface area contributed by atoms with Gasteiger partial charge in [-0.2, -0.15) is 0 Å². The first-order valence-electron chi connectivity index (χ1n) is 6.83. The Morgan fingerprint density at radius 3 is 2.67 bits per heavy atom. The van der Waals surface area contributed by atoms with E-state index in [4.69, 9.17) is 4.74 Å². The highest BCUT2D eigenvalue weighted by Gasteiger charge is 2.38. The monoisotopic (exact) mass is 312 g/mol. The van der Waals surface area contributed by atoms with Crippen molar-refractivity contribution in [3.05, 3.63) is 24.4 Å². The molecule has 116 valence electrons. The predicted molar refractivity (Wildman–Crippen MR) is 77.6 cm³/mol. The lowest BCUT2D eigenvalue weighted by Gasteiger charge is -2.24. The summed E-state index contributed by atoms with van der Waals surface area (Å²) in [5.74, 6) is 0. The molecule has 1 saturated heterocycles. The van der Waals surface area contributed by atoms with E-state index in [9.17, 15) is 13.2 Å². The largest absolute Gasteiger partial charge is 0.444 e. The van der Waals surface area contributed by atoms with Crippen molar-refractivity contribution in [1.29, 1.82) is 0 Å². The van der Waals surface area contributed by atoms with Gasteiger partial charge in [-0.05, 0) is 39.3 Å². The smallest absolute Gasteiger partial charge is 0.410 e. The van der Waals surface area contributed by atoms with Crippen molar-refractivity contribution in [2.24, 2.45) is 0 Å². The van der Waals surface area contributed by atoms with E-state index in [0.717, 1.165) is 0 Å². The van der Waals surface area contributed by atoms with E-state index in [2.05, 4.69) is 4.98 Å². The fourth-order valence-corrected chi connectivity index (χ4v) is 3.77. The minimum atomic E-state index is -3.51. The van der Waals surface area contributed by atoms with Crippen LogP contribution in [-0.2, 0) is 14.6 Å². The molecular weight excluding hydrogens is 292 g/mol. The first-order chi connectivity index (χ1) is 9.70. The number of hydrogen-bond acceptors (Lipinski definition) is 5. The molecule has 1 atom stereocenters. The second-order valence-corrected chi connectivity index (χ2v) is 8.22. The number of hydrogen-bond donors (Lipinski definition) is 0. The third-order valence-corrected chi connectivity index (χ3v) is 5.25. The molecule has 0 N–H and O–H groups in total. The zero-order chi connectivity index (χ0) is 15.7. The summed E-state index contributed by atoms with van der Waals surface area (Å²) in [5.41, 5.74) is -0.588. The highest BCUT2D eigenvalue weighted by atomic mass is 32.2. The molecule has 1 aromatic heterocycles. The predicted octanol–water partition coefficient (Wildman–Crippen LogP) is 1.86. The molecule has 6 nitrogen and oxygen atoms in total. The molecule has 2 heterocycles. The Labute approximate surface area is 125 Å². The van der Waals surface area contributed by atoms with Crippen molar-refractivity contribution in [1.82, 2.24) is 9.88 Å². The molecule has 0 unspecified atom stereocenters. The van der Waals surface area contributed by atoms with Crippen LogP contribution in [0.4, 0.5) is 4.79 Å². The van der Waals surface area contributed by atoms with Gasteiger partial charge in [-0.15, -0.1) is 0 Å². The van der Waals surface area contributed by atoms with Crippen LogP contribution >= 0.6 is 0 Å². The first-order valence-corrected chi connectivity index (χ1v) is 8.37. The summed E-state index contributed by atoms with van der Waals surface area (Å²) in [6, 6.07) is 4.78. The van der Waals surface area contributed by atoms with E-state index < -0.39 is 26.8 Å². The van der Waals surface area contributed by atoms with Gasteiger partial charge in [0.25, 0.3) is 0 Å². The number of nitrogens with zero attached hydrogens (tertiary/aromatic N) is 2. The van der Waals surface area contributed by atoms with Crippen molar-refractivity contribution >= 4 is 15.9 Å². The molecule has 1 aliphatic heterocycles. The van der Waals surface area contributed by atoms with Crippen LogP contribution in [0.5, 0.6) is 0 Å². The molecule has 1 aliphatic rings. The van der Waals surface area contributed by atoms with E-state index in [1.54, 1.807) is 32.9 Å². The maximum absolute atomic E-state index is 12.4. The molecule has 0 spiro atoms. The van der Waals surface area contributed by atoms with Gasteiger partial charge in [0.15, 0.2) is 14.9 Å². The summed E-state index contributed by atoms with van der Waals surface area (Å²) in [7, 11) is -3.51. The Morgan fingerprint density at radius 1 is 1.38 bits per heavy atom. The van der Waals surface area contributed by atoms with Crippen LogP contribution in [0.2, 0.25) is 0 Å². The molecule has 1 aromatic rings. The van der Waals surface area contributed by atoms with Gasteiger partial charge in [0, 0.05) is 19.3 Å². The third-order valence-electron chi connectivity index (χ3n) is 3.16. The summed E-state index contributed by atoms with van der Waals surface area (Å²) in [4.78, 5) is 17.3. The molecule has 1 fully saturated rings. The number of sulfone groups is 1. The quantitative estimate of drug-likeness (QED) is 0.833. The summed E-state index contributed by atoms with van der Waals surface area (Å²) in [6.07, 6.45) is 1.38. The fraction of sp³-hybridized carbons (Fsp3) is 0.571. The van der Waals surface area contributed by atoms with Crippen LogP contribution in [0, 0.1) is 0 Å². The van der Waals surface area contributed by atoms with E-state index in [-0.39, 0.29) is 11.6 Å². The fourth-order valence-electron chi connectivity index (χ4n) is 2.16. The van der Waals surface area contributed by atoms with Gasteiger partial charge in [0.2, 0.25) is 0 Å². The second kappa shape index (κ2) is 5.63. The van der Waals surface area contributed by atoms with Crippen LogP contribution in [0.15, 0.2) is 29.4 Å². The van der Waals surface area contributed by atoms with Gasteiger partial charge in [-0.3, -0.25) is 0 Å². The molecule has 7 heteroatoms. The van der Waals surface area contributed by atoms with Gasteiger partial charge in [0.05, 0.1) is 5.25 Å². The lowest BCUT2D eigenvalue weighted by molar-refractivity contribution is 0.0295. The van der Waals surface area contributed by atoms with Crippen molar-refractivity contribution in [2.75, 3.05) is 13.1 Å². The van der Waals surface area contributed by atoms with Crippen LogP contribution < -0.4 is 0 Å². The molecule has 0 saturated carbocycles. The molecule has 0 bridgehead atoms. The Bertz CT molecular complexity index is 608. The van der Waals surface area contributed by atoms with Gasteiger partial charge in [-0.1, -0.05) is 6.07 Å². The zero-order valence-corrected chi connectivity index (χ0v) is 13.3. The van der Waals surface area contributed by atoms with Crippen molar-refractivity contribution in [3.8, 4) is 0 Å². The molecule has 0 aliphatic carbocycles. The summed E-state index contributed by atoms with van der Waals surface area (Å²) in [5, 5.41) is -0.569. The molecular formula is C14H20N2O4S. The number of carbonyl (C=O) groups is 1. The Balaban J connectivity index is 2.07. The first kappa shape index (κ1) is 15.8. The van der Waals surface area contributed by atoms with Crippen molar-refractivity contribution in [2.45, 2.75) is 43.1 Å². The van der Waals surface area contributed by atoms with Gasteiger partial charge in [0.1, 0.15) is 5.60 Å². The number of pyridine rings is 1. The number of rotatable bonds is 2. The highest BCUT2D eigenvalue weighted by Crippen LogP contribution is 2.24. The average molecular weight is 312 g/mol. The third kappa shape index (κ3) is 3.72. The molecule has 21 heavy (non-hydrogen) atoms. The Kier molecular flexibility index (Phi) is 4.22. The summed E-state index contributed by atoms with van der Waals surface area (Å²) >= 11 is 0. The van der Waals surface area contributed by atoms with Crippen LogP contribution in [0.3, 0.4) is 0 Å². The van der Waals surface area contributed by atoms with Gasteiger partial charge < -0.3 is 9.64 Å². The highest BCUT2D eigenvalue weighted by molar-refractivity contribution is 7.92. The van der Waals surface area contributed by atoms with Crippen molar-refractivity contribution in [3.63, 3.8) is 0 Å². The van der Waals surface area contributed by atoms with E-state index in [1.165, 1.54) is 17.2 Å². The topological polar surface area (TPSA) is 76.6 Å². The number of aromatic nitrogens is 1. The molecule has 0 aromatic carbocycles. The normalized spacial score (nSPS) is 19.6. The zero-order valence-electron chi connectivity index (χ0n) is 12.4. The summed E-state index contributed by atoms with van der Waals surface area (Å²) < 4.78 is 30.2. The number of ether oxygens (including phenoxy) is 1. The Morgan fingerprint density at radius 2 is 2.10 bits per heavy atom. The summed E-state index contributed by atoms with van der Waals surface area (Å²) in [6.45, 7) is 5.87. The Hall–Kier alpha value is -1.63. The van der Waals surface area contributed by atoms with Gasteiger partial charge >= 0.3 is 6.09 Å². The van der Waals surface area contributed by atoms with E-state index >= 15 is 0 Å². The van der Waals surface area contributed by atoms with Crippen LogP contribution in [0.1, 0.15) is 27.2 Å². The van der Waals surface area contributed by atoms with Crippen LogP contribution in [0.25, 0.3) is 0 Å². The maximum Gasteiger partial charge on any atom is 0.410 e. The van der Waals surface area contributed by atoms with E-state index in [0.29, 0.717) is 13.0 Å². The minimum absolute atomic E-state index is 0.0565. The van der Waals surface area contributed by atoms with E-state index in [1.807, 2.05) is 0 Å². The maximum atomic E-state index is 12.4. The molecule has 2 rings (SSSR count). The molecule has 1 amide bonds. The minimum Gasteiger partial charge on any atom is -0.444 e. The number of amides is 1. The number of likely N-dealkylation sites (tertiary alicyclic amines) is 1. The lowest BCUT2D eigenvalue weighted by Crippen LogP contribution is -2.36.